The van der Waals surface area contributed by atoms with Gasteiger partial charge >= 0.3 is 0 Å². The zero-order valence-electron chi connectivity index (χ0n) is 38.0. The predicted octanol–water partition coefficient (Wildman–Crippen LogP) is 7.15. The maximum atomic E-state index is 15.0. The molecule has 60 heavy (non-hydrogen) atoms. The molecule has 13 unspecified atom stereocenters. The van der Waals surface area contributed by atoms with Crippen LogP contribution in [0.2, 0.25) is 0 Å². The quantitative estimate of drug-likeness (QED) is 0.176. The van der Waals surface area contributed by atoms with Crippen LogP contribution in [-0.4, -0.2) is 75.7 Å². The number of nitrogens with one attached hydrogen (secondary N) is 1. The number of ketones is 2. The van der Waals surface area contributed by atoms with Crippen molar-refractivity contribution in [2.45, 2.75) is 169 Å². The van der Waals surface area contributed by atoms with E-state index in [0.717, 1.165) is 61.1 Å². The number of carbonyl (C=O) groups is 2. The minimum absolute atomic E-state index is 0.0129. The number of nitrogens with zero attached hydrogens (tertiary/aromatic N) is 1. The molecular weight excluding hydrogens is 749 g/mol. The molecule has 0 spiro atoms. The van der Waals surface area contributed by atoms with Gasteiger partial charge in [-0.3, -0.25) is 19.5 Å². The Kier molecular flexibility index (Phi) is 10.4. The molecule has 5 fully saturated rings. The average Bonchev–Trinajstić information content (AvgIpc) is 3.72. The van der Waals surface area contributed by atoms with Crippen LogP contribution in [0.5, 0.6) is 0 Å². The van der Waals surface area contributed by atoms with Crippen molar-refractivity contribution in [2.24, 2.45) is 56.2 Å². The second-order valence-electron chi connectivity index (χ2n) is 22.5. The number of allylic oxidation sites excluding steroid dienone is 1. The Morgan fingerprint density at radius 2 is 1.67 bits per heavy atom. The number of fused-ring (bicyclic) bond motifs is 6. The summed E-state index contributed by atoms with van der Waals surface area (Å²) in [5.41, 5.74) is 7.03. The largest absolute Gasteiger partial charge is 0.396 e. The maximum absolute atomic E-state index is 15.0. The van der Waals surface area contributed by atoms with E-state index in [1.54, 1.807) is 0 Å². The van der Waals surface area contributed by atoms with E-state index in [0.29, 0.717) is 43.9 Å². The molecule has 326 valence electrons. The lowest BCUT2D eigenvalue weighted by molar-refractivity contribution is -0.871. The van der Waals surface area contributed by atoms with Crippen molar-refractivity contribution in [1.29, 1.82) is 0 Å². The highest BCUT2D eigenvalue weighted by Crippen LogP contribution is 2.75. The van der Waals surface area contributed by atoms with E-state index in [9.17, 15) is 24.9 Å². The molecule has 4 saturated carbocycles. The number of aliphatic imine (C=N–C) groups is 1. The van der Waals surface area contributed by atoms with Crippen LogP contribution in [0.1, 0.15) is 136 Å². The van der Waals surface area contributed by atoms with Crippen LogP contribution < -0.4 is 4.90 Å². The summed E-state index contributed by atoms with van der Waals surface area (Å²) in [6.45, 7) is 20.5. The van der Waals surface area contributed by atoms with Crippen molar-refractivity contribution in [3.8, 4) is 0 Å². The number of aliphatic hydroxyl groups excluding tert-OH is 3. The molecule has 0 radical (unpaired) electrons. The number of carbonyl (C=O) groups excluding carboxylic acids is 2. The van der Waals surface area contributed by atoms with E-state index in [1.807, 2.05) is 20.0 Å². The van der Waals surface area contributed by atoms with Crippen LogP contribution in [0.25, 0.3) is 0 Å². The number of ether oxygens (including phenoxy) is 1. The molecule has 3 heterocycles. The highest BCUT2D eigenvalue weighted by molar-refractivity contribution is 6.08. The van der Waals surface area contributed by atoms with Crippen LogP contribution in [0.15, 0.2) is 57.9 Å². The maximum Gasteiger partial charge on any atom is 0.160 e. The zero-order valence-corrected chi connectivity index (χ0v) is 38.0. The van der Waals surface area contributed by atoms with Gasteiger partial charge in [0.2, 0.25) is 0 Å². The van der Waals surface area contributed by atoms with Crippen molar-refractivity contribution in [2.75, 3.05) is 13.2 Å². The molecule has 5 aliphatic carbocycles. The summed E-state index contributed by atoms with van der Waals surface area (Å²) in [5, 5.41) is 35.9. The van der Waals surface area contributed by atoms with E-state index < -0.39 is 23.0 Å². The summed E-state index contributed by atoms with van der Waals surface area (Å²) in [7, 11) is 0. The first-order valence-corrected chi connectivity index (χ1v) is 23.7. The fraction of sp³-hybridized carbons (Fsp3) is 0.712. The first kappa shape index (κ1) is 42.5. The zero-order chi connectivity index (χ0) is 42.9. The third-order valence-corrected chi connectivity index (χ3v) is 18.8. The Morgan fingerprint density at radius 1 is 0.983 bits per heavy atom. The van der Waals surface area contributed by atoms with E-state index in [4.69, 9.17) is 9.73 Å². The number of benzene rings is 1. The fourth-order valence-corrected chi connectivity index (χ4v) is 16.1. The summed E-state index contributed by atoms with van der Waals surface area (Å²) in [4.78, 5) is 35.5. The molecular formula is C52H73N2O6+. The van der Waals surface area contributed by atoms with Gasteiger partial charge in [-0.25, -0.2) is 0 Å². The van der Waals surface area contributed by atoms with Gasteiger partial charge in [-0.1, -0.05) is 76.8 Å². The SMILES string of the molecule is Cc1cc(C)cc(CC2=C(CCO)[NH+](CC3C4=C(C(C)CC(O)C5OC5(C)C)C(=O)CC4(C)C4(C)CCC5C(C)(CCC(=O)C5(C)C5CCCC5)C4C3O)C3C=CN=C23)c1. The van der Waals surface area contributed by atoms with Crippen molar-refractivity contribution < 1.29 is 34.5 Å². The molecule has 8 nitrogen and oxygen atoms in total. The Balaban J connectivity index is 1.18. The van der Waals surface area contributed by atoms with Gasteiger partial charge in [-0.15, -0.1) is 0 Å². The molecule has 1 aromatic carbocycles. The van der Waals surface area contributed by atoms with Gasteiger partial charge in [0, 0.05) is 48.3 Å². The predicted molar refractivity (Wildman–Crippen MR) is 234 cm³/mol. The smallest absolute Gasteiger partial charge is 0.160 e. The number of aliphatic hydroxyl groups is 3. The summed E-state index contributed by atoms with van der Waals surface area (Å²) in [5.74, 6) is 0.483. The molecule has 0 aromatic heterocycles. The lowest BCUT2D eigenvalue weighted by Gasteiger charge is -2.70. The molecule has 0 amide bonds. The topological polar surface area (TPSA) is 124 Å². The number of hydrogen-bond donors (Lipinski definition) is 4. The van der Waals surface area contributed by atoms with Crippen molar-refractivity contribution in [3.63, 3.8) is 0 Å². The number of Topliss-reactive ketones (excluding diaryl/α,β-unsaturated/α-hetero) is 2. The highest BCUT2D eigenvalue weighted by Gasteiger charge is 2.73. The highest BCUT2D eigenvalue weighted by atomic mass is 16.6. The van der Waals surface area contributed by atoms with Crippen LogP contribution in [0.4, 0.5) is 0 Å². The van der Waals surface area contributed by atoms with Gasteiger partial charge in [0.15, 0.2) is 11.8 Å². The molecule has 8 aliphatic rings. The first-order chi connectivity index (χ1) is 28.3. The second-order valence-corrected chi connectivity index (χ2v) is 22.5. The molecule has 4 N–H and O–H groups in total. The van der Waals surface area contributed by atoms with Gasteiger partial charge in [0.25, 0.3) is 0 Å². The normalized spacial score (nSPS) is 41.7. The van der Waals surface area contributed by atoms with Crippen molar-refractivity contribution in [1.82, 2.24) is 0 Å². The van der Waals surface area contributed by atoms with E-state index in [1.165, 1.54) is 40.0 Å². The van der Waals surface area contributed by atoms with E-state index in [2.05, 4.69) is 72.7 Å². The number of aryl methyl sites for hydroxylation is 2. The molecule has 3 aliphatic heterocycles. The fourth-order valence-electron chi connectivity index (χ4n) is 16.1. The second kappa shape index (κ2) is 14.7. The lowest BCUT2D eigenvalue weighted by Crippen LogP contribution is -3.14. The van der Waals surface area contributed by atoms with Crippen LogP contribution in [0, 0.1) is 65.1 Å². The number of hydrogen-bond acceptors (Lipinski definition) is 7. The minimum Gasteiger partial charge on any atom is -0.396 e. The Bertz CT molecular complexity index is 2070. The van der Waals surface area contributed by atoms with Gasteiger partial charge < -0.3 is 20.1 Å². The van der Waals surface area contributed by atoms with Crippen molar-refractivity contribution in [3.05, 3.63) is 69.6 Å². The number of epoxide rings is 1. The monoisotopic (exact) mass is 822 g/mol. The van der Waals surface area contributed by atoms with Crippen LogP contribution in [0.3, 0.4) is 0 Å². The third kappa shape index (κ3) is 6.18. The van der Waals surface area contributed by atoms with Crippen LogP contribution >= 0.6 is 0 Å². The molecule has 0 bridgehead atoms. The third-order valence-electron chi connectivity index (χ3n) is 18.8. The Labute approximate surface area is 359 Å². The van der Waals surface area contributed by atoms with Gasteiger partial charge in [0.1, 0.15) is 23.3 Å². The lowest BCUT2D eigenvalue weighted by atomic mass is 9.34. The van der Waals surface area contributed by atoms with Gasteiger partial charge in [-0.2, -0.15) is 0 Å². The first-order valence-electron chi connectivity index (χ1n) is 23.7. The van der Waals surface area contributed by atoms with E-state index in [-0.39, 0.29) is 64.6 Å². The van der Waals surface area contributed by atoms with Gasteiger partial charge in [0.05, 0.1) is 36.9 Å². The van der Waals surface area contributed by atoms with Gasteiger partial charge in [-0.05, 0) is 124 Å². The van der Waals surface area contributed by atoms with Crippen molar-refractivity contribution >= 4 is 17.3 Å². The summed E-state index contributed by atoms with van der Waals surface area (Å²) in [6, 6.07) is 6.67. The molecule has 1 saturated heterocycles. The Hall–Kier alpha value is -2.75. The summed E-state index contributed by atoms with van der Waals surface area (Å²) < 4.78 is 5.90. The standard InChI is InChI=1S/C52H72N2O6/c1-29-22-30(2)24-32(23-29)26-34-36(17-21-55)54(37-16-20-53-44(34)37)28-35-43-42(31(3)25-38(56)47-48(4,5)60-47)39(57)27-51(43,8)50(7)19-14-40-49(6,46(50)45(35)59)18-15-41(58)52(40,9)33-12-10-11-13-33/h16,20,22-24,31,33,35,37-38,40,45-47,55-56,59H,10-15,17-19,21,25-28H2,1-9H3/p+1. The summed E-state index contributed by atoms with van der Waals surface area (Å²) in [6.07, 6.45) is 12.2. The molecule has 8 heteroatoms. The molecule has 9 rings (SSSR count). The minimum atomic E-state index is -0.743. The average molecular weight is 822 g/mol. The molecule has 1 aromatic rings. The molecule has 13 atom stereocenters. The number of rotatable bonds is 11. The van der Waals surface area contributed by atoms with E-state index >= 15 is 0 Å². The Morgan fingerprint density at radius 3 is 2.32 bits per heavy atom. The van der Waals surface area contributed by atoms with Crippen LogP contribution in [-0.2, 0) is 20.7 Å². The number of quaternary nitrogens is 1. The summed E-state index contributed by atoms with van der Waals surface area (Å²) >= 11 is 0.